The van der Waals surface area contributed by atoms with E-state index < -0.39 is 5.63 Å². The number of nitrogens with zero attached hydrogens (tertiary/aromatic N) is 1. The summed E-state index contributed by atoms with van der Waals surface area (Å²) in [5.74, 6) is 0.188. The van der Waals surface area contributed by atoms with Crippen molar-refractivity contribution < 1.29 is 19.1 Å². The monoisotopic (exact) mass is 353 g/mol. The number of hydrogen-bond acceptors (Lipinski definition) is 5. The Morgan fingerprint density at radius 3 is 2.62 bits per heavy atom. The van der Waals surface area contributed by atoms with Crippen LogP contribution in [0, 0.1) is 0 Å². The molecule has 0 saturated carbocycles. The van der Waals surface area contributed by atoms with Crippen molar-refractivity contribution in [3.63, 3.8) is 0 Å². The maximum Gasteiger partial charge on any atom is 0.337 e. The highest BCUT2D eigenvalue weighted by molar-refractivity contribution is 6.05. The second-order valence-electron chi connectivity index (χ2n) is 5.78. The summed E-state index contributed by atoms with van der Waals surface area (Å²) in [4.78, 5) is 26.5. The van der Waals surface area contributed by atoms with Crippen LogP contribution in [0.3, 0.4) is 0 Å². The van der Waals surface area contributed by atoms with Crippen molar-refractivity contribution >= 4 is 16.9 Å². The van der Waals surface area contributed by atoms with Gasteiger partial charge in [-0.2, -0.15) is 0 Å². The van der Waals surface area contributed by atoms with Gasteiger partial charge in [-0.25, -0.2) is 4.79 Å². The minimum atomic E-state index is -0.613. The van der Waals surface area contributed by atoms with Gasteiger partial charge in [-0.1, -0.05) is 30.3 Å². The van der Waals surface area contributed by atoms with Crippen molar-refractivity contribution in [3.8, 4) is 5.75 Å². The molecule has 3 rings (SSSR count). The molecule has 26 heavy (non-hydrogen) atoms. The molecule has 0 spiro atoms. The van der Waals surface area contributed by atoms with Gasteiger partial charge in [0.2, 0.25) is 0 Å². The molecule has 2 aromatic carbocycles. The molecule has 0 aliphatic heterocycles. The lowest BCUT2D eigenvalue weighted by molar-refractivity contribution is 0.0709. The third-order valence-corrected chi connectivity index (χ3v) is 4.06. The smallest absolute Gasteiger partial charge is 0.337 e. The SMILES string of the molecule is COc1ccc2c(C(=O)N(CCO)Cc3ccccc3)cc(=O)oc2c1. The molecule has 134 valence electrons. The first-order valence-corrected chi connectivity index (χ1v) is 8.18. The highest BCUT2D eigenvalue weighted by Gasteiger charge is 2.20. The minimum Gasteiger partial charge on any atom is -0.497 e. The van der Waals surface area contributed by atoms with Crippen molar-refractivity contribution in [1.29, 1.82) is 0 Å². The molecule has 0 atom stereocenters. The first-order chi connectivity index (χ1) is 12.6. The zero-order valence-corrected chi connectivity index (χ0v) is 14.3. The van der Waals surface area contributed by atoms with Crippen LogP contribution in [0.15, 0.2) is 63.8 Å². The Morgan fingerprint density at radius 2 is 1.92 bits per heavy atom. The molecule has 0 unspecified atom stereocenters. The van der Waals surface area contributed by atoms with Gasteiger partial charge in [0, 0.05) is 30.6 Å². The lowest BCUT2D eigenvalue weighted by Crippen LogP contribution is -2.33. The second kappa shape index (κ2) is 7.84. The summed E-state index contributed by atoms with van der Waals surface area (Å²) < 4.78 is 10.3. The van der Waals surface area contributed by atoms with Gasteiger partial charge in [0.05, 0.1) is 19.3 Å². The highest BCUT2D eigenvalue weighted by atomic mass is 16.5. The van der Waals surface area contributed by atoms with Crippen LogP contribution in [0.5, 0.6) is 5.75 Å². The fraction of sp³-hybridized carbons (Fsp3) is 0.200. The zero-order chi connectivity index (χ0) is 18.5. The predicted octanol–water partition coefficient (Wildman–Crippen LogP) is 2.44. The molecule has 0 aliphatic carbocycles. The van der Waals surface area contributed by atoms with E-state index in [4.69, 9.17) is 9.15 Å². The molecule has 1 amide bonds. The average Bonchev–Trinajstić information content (AvgIpc) is 2.66. The standard InChI is InChI=1S/C20H19NO5/c1-25-15-7-8-16-17(12-19(23)26-18(16)11-15)20(24)21(9-10-22)13-14-5-3-2-4-6-14/h2-8,11-12,22H,9-10,13H2,1H3. The Morgan fingerprint density at radius 1 is 1.15 bits per heavy atom. The van der Waals surface area contributed by atoms with E-state index in [0.717, 1.165) is 5.56 Å². The third kappa shape index (κ3) is 3.75. The quantitative estimate of drug-likeness (QED) is 0.689. The molecule has 6 heteroatoms. The first kappa shape index (κ1) is 17.7. The minimum absolute atomic E-state index is 0.158. The van der Waals surface area contributed by atoms with Gasteiger partial charge < -0.3 is 19.2 Å². The maximum atomic E-state index is 13.1. The van der Waals surface area contributed by atoms with Gasteiger partial charge in [-0.05, 0) is 17.7 Å². The van der Waals surface area contributed by atoms with Crippen LogP contribution in [-0.4, -0.2) is 36.2 Å². The summed E-state index contributed by atoms with van der Waals surface area (Å²) >= 11 is 0. The van der Waals surface area contributed by atoms with Crippen LogP contribution in [0.1, 0.15) is 15.9 Å². The number of hydrogen-bond donors (Lipinski definition) is 1. The Hall–Kier alpha value is -3.12. The molecular weight excluding hydrogens is 334 g/mol. The number of rotatable bonds is 6. The van der Waals surface area contributed by atoms with E-state index in [1.807, 2.05) is 30.3 Å². The van der Waals surface area contributed by atoms with Crippen LogP contribution in [0.4, 0.5) is 0 Å². The van der Waals surface area contributed by atoms with E-state index >= 15 is 0 Å². The molecule has 3 aromatic rings. The van der Waals surface area contributed by atoms with Gasteiger partial charge >= 0.3 is 5.63 Å². The van der Waals surface area contributed by atoms with E-state index in [1.54, 1.807) is 18.2 Å². The van der Waals surface area contributed by atoms with Crippen LogP contribution in [-0.2, 0) is 6.54 Å². The summed E-state index contributed by atoms with van der Waals surface area (Å²) in [6.45, 7) is 0.315. The summed E-state index contributed by atoms with van der Waals surface area (Å²) in [5.41, 5.74) is 0.841. The van der Waals surface area contributed by atoms with E-state index in [0.29, 0.717) is 17.7 Å². The normalized spacial score (nSPS) is 10.7. The lowest BCUT2D eigenvalue weighted by Gasteiger charge is -2.22. The summed E-state index contributed by atoms with van der Waals surface area (Å²) in [5, 5.41) is 9.88. The third-order valence-electron chi connectivity index (χ3n) is 4.06. The number of methoxy groups -OCH3 is 1. The summed E-state index contributed by atoms with van der Waals surface area (Å²) in [6, 6.07) is 15.6. The number of ether oxygens (including phenoxy) is 1. The molecule has 0 fully saturated rings. The Bertz CT molecular complexity index is 965. The number of carbonyl (C=O) groups is 1. The molecule has 0 saturated heterocycles. The molecule has 1 N–H and O–H groups in total. The van der Waals surface area contributed by atoms with Crippen molar-refractivity contribution in [2.75, 3.05) is 20.3 Å². The Kier molecular flexibility index (Phi) is 5.34. The molecule has 0 radical (unpaired) electrons. The van der Waals surface area contributed by atoms with Crippen molar-refractivity contribution in [2.24, 2.45) is 0 Å². The zero-order valence-electron chi connectivity index (χ0n) is 14.3. The first-order valence-electron chi connectivity index (χ1n) is 8.18. The van der Waals surface area contributed by atoms with E-state index in [-0.39, 0.29) is 30.2 Å². The van der Waals surface area contributed by atoms with Gasteiger partial charge in [0.1, 0.15) is 11.3 Å². The van der Waals surface area contributed by atoms with Crippen LogP contribution in [0.25, 0.3) is 11.0 Å². The number of amides is 1. The van der Waals surface area contributed by atoms with Crippen LogP contribution >= 0.6 is 0 Å². The Labute approximate surface area is 150 Å². The Balaban J connectivity index is 2.02. The fourth-order valence-electron chi connectivity index (χ4n) is 2.79. The number of aliphatic hydroxyl groups is 1. The molecule has 0 bridgehead atoms. The van der Waals surface area contributed by atoms with E-state index in [1.165, 1.54) is 18.1 Å². The number of fused-ring (bicyclic) bond motifs is 1. The largest absolute Gasteiger partial charge is 0.497 e. The average molecular weight is 353 g/mol. The topological polar surface area (TPSA) is 80.0 Å². The second-order valence-corrected chi connectivity index (χ2v) is 5.78. The van der Waals surface area contributed by atoms with Gasteiger partial charge in [0.15, 0.2) is 0 Å². The number of aliphatic hydroxyl groups excluding tert-OH is 1. The van der Waals surface area contributed by atoms with Crippen molar-refractivity contribution in [2.45, 2.75) is 6.54 Å². The van der Waals surface area contributed by atoms with Gasteiger partial charge in [-0.3, -0.25) is 4.79 Å². The lowest BCUT2D eigenvalue weighted by atomic mass is 10.1. The predicted molar refractivity (Wildman–Crippen MR) is 97.3 cm³/mol. The van der Waals surface area contributed by atoms with Crippen LogP contribution in [0.2, 0.25) is 0 Å². The summed E-state index contributed by atoms with van der Waals surface area (Å²) in [7, 11) is 1.51. The number of benzene rings is 2. The van der Waals surface area contributed by atoms with E-state index in [2.05, 4.69) is 0 Å². The van der Waals surface area contributed by atoms with Gasteiger partial charge in [0.25, 0.3) is 5.91 Å². The van der Waals surface area contributed by atoms with E-state index in [9.17, 15) is 14.7 Å². The molecular formula is C20H19NO5. The molecule has 6 nitrogen and oxygen atoms in total. The molecule has 1 heterocycles. The maximum absolute atomic E-state index is 13.1. The summed E-state index contributed by atoms with van der Waals surface area (Å²) in [6.07, 6.45) is 0. The highest BCUT2D eigenvalue weighted by Crippen LogP contribution is 2.24. The van der Waals surface area contributed by atoms with Crippen molar-refractivity contribution in [1.82, 2.24) is 4.90 Å². The molecule has 1 aromatic heterocycles. The van der Waals surface area contributed by atoms with Gasteiger partial charge in [-0.15, -0.1) is 0 Å². The number of carbonyl (C=O) groups excluding carboxylic acids is 1. The van der Waals surface area contributed by atoms with Crippen molar-refractivity contribution in [3.05, 3.63) is 76.1 Å². The van der Waals surface area contributed by atoms with Crippen LogP contribution < -0.4 is 10.4 Å². The molecule has 0 aliphatic rings. The fourth-order valence-corrected chi connectivity index (χ4v) is 2.79.